The first-order valence-electron chi connectivity index (χ1n) is 9.66. The molecule has 0 aliphatic carbocycles. The highest BCUT2D eigenvalue weighted by atomic mass is 16.6. The van der Waals surface area contributed by atoms with Crippen molar-refractivity contribution in [3.63, 3.8) is 0 Å². The number of hydrogen-bond acceptors (Lipinski definition) is 8. The fourth-order valence-electron chi connectivity index (χ4n) is 3.69. The Labute approximate surface area is 167 Å². The van der Waals surface area contributed by atoms with Gasteiger partial charge in [-0.2, -0.15) is 0 Å². The van der Waals surface area contributed by atoms with E-state index >= 15 is 0 Å². The SMILES string of the molecule is Nc1nonc1-c1nc2cnccc2n1-c1ccc(OCCN2CCCC2)cc1. The number of nitrogens with two attached hydrogens (primary N) is 1. The van der Waals surface area contributed by atoms with Crippen LogP contribution < -0.4 is 10.5 Å². The lowest BCUT2D eigenvalue weighted by Gasteiger charge is -2.15. The first kappa shape index (κ1) is 17.6. The van der Waals surface area contributed by atoms with Crippen molar-refractivity contribution >= 4 is 16.9 Å². The van der Waals surface area contributed by atoms with E-state index in [-0.39, 0.29) is 5.82 Å². The second-order valence-electron chi connectivity index (χ2n) is 7.02. The van der Waals surface area contributed by atoms with E-state index in [4.69, 9.17) is 15.1 Å². The Morgan fingerprint density at radius 3 is 2.66 bits per heavy atom. The second-order valence-corrected chi connectivity index (χ2v) is 7.02. The van der Waals surface area contributed by atoms with Crippen molar-refractivity contribution in [2.24, 2.45) is 0 Å². The van der Waals surface area contributed by atoms with Gasteiger partial charge >= 0.3 is 0 Å². The Kier molecular flexibility index (Phi) is 4.57. The molecule has 2 N–H and O–H groups in total. The van der Waals surface area contributed by atoms with E-state index in [9.17, 15) is 0 Å². The van der Waals surface area contributed by atoms with Crippen molar-refractivity contribution in [2.75, 3.05) is 32.0 Å². The Balaban J connectivity index is 1.43. The van der Waals surface area contributed by atoms with Gasteiger partial charge in [-0.25, -0.2) is 9.61 Å². The van der Waals surface area contributed by atoms with Gasteiger partial charge in [-0.1, -0.05) is 0 Å². The summed E-state index contributed by atoms with van der Waals surface area (Å²) in [5.41, 5.74) is 8.83. The lowest BCUT2D eigenvalue weighted by molar-refractivity contribution is 0.238. The number of ether oxygens (including phenoxy) is 1. The van der Waals surface area contributed by atoms with E-state index in [1.165, 1.54) is 25.9 Å². The van der Waals surface area contributed by atoms with Crippen LogP contribution in [-0.2, 0) is 0 Å². The number of hydrogen-bond donors (Lipinski definition) is 1. The fraction of sp³-hybridized carbons (Fsp3) is 0.300. The standard InChI is InChI=1S/C20H21N7O2/c21-19-18(24-29-25-19)20-23-16-13-22-8-7-17(16)27(20)14-3-5-15(6-4-14)28-12-11-26-9-1-2-10-26/h3-8,13H,1-2,9-12H2,(H2,21,25). The average molecular weight is 391 g/mol. The lowest BCUT2D eigenvalue weighted by atomic mass is 10.2. The number of fused-ring (bicyclic) bond motifs is 1. The van der Waals surface area contributed by atoms with Crippen LogP contribution in [0.5, 0.6) is 5.75 Å². The van der Waals surface area contributed by atoms with Crippen molar-refractivity contribution in [2.45, 2.75) is 12.8 Å². The van der Waals surface area contributed by atoms with Crippen LogP contribution in [0.25, 0.3) is 28.2 Å². The number of benzene rings is 1. The van der Waals surface area contributed by atoms with Gasteiger partial charge in [0.2, 0.25) is 0 Å². The average Bonchev–Trinajstić information content (AvgIpc) is 3.48. The molecule has 5 rings (SSSR count). The minimum absolute atomic E-state index is 0.191. The minimum atomic E-state index is 0.191. The maximum Gasteiger partial charge on any atom is 0.199 e. The van der Waals surface area contributed by atoms with Crippen LogP contribution in [0.2, 0.25) is 0 Å². The molecule has 4 aromatic rings. The van der Waals surface area contributed by atoms with Crippen LogP contribution in [0.1, 0.15) is 12.8 Å². The molecule has 0 amide bonds. The molecular weight excluding hydrogens is 370 g/mol. The van der Waals surface area contributed by atoms with E-state index in [0.29, 0.717) is 18.1 Å². The number of nitrogen functional groups attached to an aromatic ring is 1. The number of pyridine rings is 1. The summed E-state index contributed by atoms with van der Waals surface area (Å²) < 4.78 is 12.6. The molecule has 1 saturated heterocycles. The van der Waals surface area contributed by atoms with Gasteiger partial charge in [0.15, 0.2) is 17.3 Å². The molecule has 1 aliphatic rings. The topological polar surface area (TPSA) is 108 Å². The zero-order chi connectivity index (χ0) is 19.6. The Bertz CT molecular complexity index is 1110. The van der Waals surface area contributed by atoms with Gasteiger partial charge in [0.1, 0.15) is 17.9 Å². The van der Waals surface area contributed by atoms with Crippen LogP contribution in [0.3, 0.4) is 0 Å². The monoisotopic (exact) mass is 391 g/mol. The number of likely N-dealkylation sites (tertiary alicyclic amines) is 1. The summed E-state index contributed by atoms with van der Waals surface area (Å²) in [5.74, 6) is 1.58. The quantitative estimate of drug-likeness (QED) is 0.534. The number of aromatic nitrogens is 5. The molecule has 0 bridgehead atoms. The van der Waals surface area contributed by atoms with E-state index < -0.39 is 0 Å². The number of anilines is 1. The van der Waals surface area contributed by atoms with Gasteiger partial charge in [-0.05, 0) is 66.6 Å². The molecule has 1 aliphatic heterocycles. The molecule has 9 heteroatoms. The predicted octanol–water partition coefficient (Wildman–Crippen LogP) is 2.53. The van der Waals surface area contributed by atoms with Crippen LogP contribution >= 0.6 is 0 Å². The zero-order valence-electron chi connectivity index (χ0n) is 15.9. The van der Waals surface area contributed by atoms with E-state index in [1.807, 2.05) is 34.9 Å². The molecular formula is C20H21N7O2. The Morgan fingerprint density at radius 1 is 1.07 bits per heavy atom. The summed E-state index contributed by atoms with van der Waals surface area (Å²) in [4.78, 5) is 11.2. The molecule has 0 spiro atoms. The fourth-order valence-corrected chi connectivity index (χ4v) is 3.69. The molecule has 0 atom stereocenters. The number of nitrogens with zero attached hydrogens (tertiary/aromatic N) is 6. The minimum Gasteiger partial charge on any atom is -0.492 e. The predicted molar refractivity (Wildman–Crippen MR) is 108 cm³/mol. The summed E-state index contributed by atoms with van der Waals surface area (Å²) in [6.45, 7) is 4.00. The second kappa shape index (κ2) is 7.51. The first-order chi connectivity index (χ1) is 14.3. The molecule has 148 valence electrons. The lowest BCUT2D eigenvalue weighted by Crippen LogP contribution is -2.25. The van der Waals surface area contributed by atoms with Gasteiger partial charge in [0.25, 0.3) is 0 Å². The highest BCUT2D eigenvalue weighted by molar-refractivity contribution is 5.83. The molecule has 29 heavy (non-hydrogen) atoms. The third-order valence-electron chi connectivity index (χ3n) is 5.15. The smallest absolute Gasteiger partial charge is 0.199 e. The number of imidazole rings is 1. The third-order valence-corrected chi connectivity index (χ3v) is 5.15. The van der Waals surface area contributed by atoms with Gasteiger partial charge in [-0.15, -0.1) is 0 Å². The van der Waals surface area contributed by atoms with E-state index in [0.717, 1.165) is 29.0 Å². The molecule has 4 heterocycles. The molecule has 0 radical (unpaired) electrons. The van der Waals surface area contributed by atoms with E-state index in [1.54, 1.807) is 12.4 Å². The van der Waals surface area contributed by atoms with Gasteiger partial charge in [-0.3, -0.25) is 14.5 Å². The molecule has 9 nitrogen and oxygen atoms in total. The molecule has 3 aromatic heterocycles. The third kappa shape index (κ3) is 3.40. The highest BCUT2D eigenvalue weighted by Gasteiger charge is 2.20. The normalized spacial score (nSPS) is 14.6. The van der Waals surface area contributed by atoms with Crippen molar-refractivity contribution in [1.29, 1.82) is 0 Å². The molecule has 1 fully saturated rings. The van der Waals surface area contributed by atoms with Gasteiger partial charge in [0, 0.05) is 18.4 Å². The summed E-state index contributed by atoms with van der Waals surface area (Å²) in [6, 6.07) is 9.79. The largest absolute Gasteiger partial charge is 0.492 e. The number of rotatable bonds is 6. The summed E-state index contributed by atoms with van der Waals surface area (Å²) in [5, 5.41) is 7.60. The van der Waals surface area contributed by atoms with Gasteiger partial charge in [0.05, 0.1) is 11.7 Å². The summed E-state index contributed by atoms with van der Waals surface area (Å²) in [6.07, 6.45) is 6.01. The first-order valence-corrected chi connectivity index (χ1v) is 9.66. The van der Waals surface area contributed by atoms with E-state index in [2.05, 4.69) is 25.2 Å². The van der Waals surface area contributed by atoms with Crippen LogP contribution in [0.15, 0.2) is 47.4 Å². The van der Waals surface area contributed by atoms with Gasteiger partial charge < -0.3 is 10.5 Å². The van der Waals surface area contributed by atoms with Crippen LogP contribution in [-0.4, -0.2) is 56.0 Å². The van der Waals surface area contributed by atoms with Crippen LogP contribution in [0, 0.1) is 0 Å². The summed E-state index contributed by atoms with van der Waals surface area (Å²) in [7, 11) is 0. The van der Waals surface area contributed by atoms with Crippen molar-refractivity contribution < 1.29 is 9.37 Å². The maximum atomic E-state index is 5.92. The van der Waals surface area contributed by atoms with Crippen molar-refractivity contribution in [1.82, 2.24) is 29.7 Å². The molecule has 0 saturated carbocycles. The van der Waals surface area contributed by atoms with Crippen LogP contribution in [0.4, 0.5) is 5.82 Å². The maximum absolute atomic E-state index is 5.92. The van der Waals surface area contributed by atoms with Crippen molar-refractivity contribution in [3.8, 4) is 23.0 Å². The Morgan fingerprint density at radius 2 is 1.90 bits per heavy atom. The Hall–Kier alpha value is -3.46. The van der Waals surface area contributed by atoms with Crippen molar-refractivity contribution in [3.05, 3.63) is 42.7 Å². The molecule has 1 aromatic carbocycles. The summed E-state index contributed by atoms with van der Waals surface area (Å²) >= 11 is 0. The highest BCUT2D eigenvalue weighted by Crippen LogP contribution is 2.30. The zero-order valence-corrected chi connectivity index (χ0v) is 15.9. The molecule has 0 unspecified atom stereocenters.